The first-order valence-electron chi connectivity index (χ1n) is 14.8. The minimum atomic E-state index is -4.25. The van der Waals surface area contributed by atoms with Crippen LogP contribution in [0, 0.1) is 6.92 Å². The third-order valence-corrected chi connectivity index (χ3v) is 10.2. The number of amides is 2. The summed E-state index contributed by atoms with van der Waals surface area (Å²) in [6, 6.07) is 25.7. The molecule has 0 bridgehead atoms. The molecule has 4 aromatic rings. The van der Waals surface area contributed by atoms with E-state index in [-0.39, 0.29) is 35.5 Å². The van der Waals surface area contributed by atoms with Gasteiger partial charge in [0.05, 0.1) is 10.6 Å². The Bertz CT molecular complexity index is 1770. The lowest BCUT2D eigenvalue weighted by Crippen LogP contribution is -2.54. The molecule has 46 heavy (non-hydrogen) atoms. The van der Waals surface area contributed by atoms with Crippen LogP contribution in [0.5, 0.6) is 0 Å². The smallest absolute Gasteiger partial charge is 0.264 e. The summed E-state index contributed by atoms with van der Waals surface area (Å²) in [6.45, 7) is 5.00. The SMILES string of the molecule is CC[C@@H](C)NC(=O)[C@H](Cc1ccccc1)N(Cc1ccc(Cl)cc1Cl)C(=O)CN(c1cccc(Cl)c1)S(=O)(=O)c1ccc(C)cc1. The molecule has 0 aliphatic rings. The Hall–Kier alpha value is -3.56. The van der Waals surface area contributed by atoms with Crippen LogP contribution >= 0.6 is 34.8 Å². The Morgan fingerprint density at radius 1 is 0.848 bits per heavy atom. The van der Waals surface area contributed by atoms with Crippen LogP contribution in [0.3, 0.4) is 0 Å². The van der Waals surface area contributed by atoms with Crippen molar-refractivity contribution >= 4 is 62.3 Å². The van der Waals surface area contributed by atoms with Crippen LogP contribution in [0.15, 0.2) is 102 Å². The van der Waals surface area contributed by atoms with E-state index < -0.39 is 28.5 Å². The van der Waals surface area contributed by atoms with Crippen LogP contribution in [0.1, 0.15) is 37.0 Å². The molecular formula is C35H36Cl3N3O4S. The molecule has 1 N–H and O–H groups in total. The highest BCUT2D eigenvalue weighted by atomic mass is 35.5. The summed E-state index contributed by atoms with van der Waals surface area (Å²) >= 11 is 19.0. The number of carbonyl (C=O) groups is 2. The maximum Gasteiger partial charge on any atom is 0.264 e. The number of carbonyl (C=O) groups excluding carboxylic acids is 2. The number of rotatable bonds is 13. The highest BCUT2D eigenvalue weighted by Crippen LogP contribution is 2.28. The first-order valence-corrected chi connectivity index (χ1v) is 17.4. The molecule has 0 heterocycles. The van der Waals surface area contributed by atoms with E-state index in [0.29, 0.717) is 27.1 Å². The zero-order chi connectivity index (χ0) is 33.4. The van der Waals surface area contributed by atoms with E-state index in [0.717, 1.165) is 15.4 Å². The summed E-state index contributed by atoms with van der Waals surface area (Å²) in [7, 11) is -4.25. The van der Waals surface area contributed by atoms with Gasteiger partial charge in [-0.05, 0) is 73.9 Å². The fraction of sp³-hybridized carbons (Fsp3) is 0.257. The molecule has 2 amide bonds. The molecule has 0 saturated carbocycles. The van der Waals surface area contributed by atoms with Gasteiger partial charge in [-0.1, -0.05) is 102 Å². The van der Waals surface area contributed by atoms with Crippen LogP contribution < -0.4 is 9.62 Å². The summed E-state index contributed by atoms with van der Waals surface area (Å²) in [5, 5.41) is 4.04. The van der Waals surface area contributed by atoms with Crippen molar-refractivity contribution in [3.8, 4) is 0 Å². The molecule has 0 aromatic heterocycles. The minimum absolute atomic E-state index is 0.00789. The van der Waals surface area contributed by atoms with Crippen molar-refractivity contribution in [3.63, 3.8) is 0 Å². The third kappa shape index (κ3) is 9.04. The van der Waals surface area contributed by atoms with Gasteiger partial charge in [-0.2, -0.15) is 0 Å². The van der Waals surface area contributed by atoms with Crippen molar-refractivity contribution in [2.24, 2.45) is 0 Å². The number of nitrogens with one attached hydrogen (secondary N) is 1. The Kier molecular flexibility index (Phi) is 12.1. The van der Waals surface area contributed by atoms with Gasteiger partial charge in [0.25, 0.3) is 10.0 Å². The topological polar surface area (TPSA) is 86.8 Å². The standard InChI is InChI=1S/C35H36Cl3N3O4S/c1-4-25(3)39-35(43)33(19-26-9-6-5-7-10-26)40(22-27-15-16-29(37)21-32(27)38)34(42)23-41(30-12-8-11-28(36)20-30)46(44,45)31-17-13-24(2)14-18-31/h5-18,20-21,25,33H,4,19,22-23H2,1-3H3,(H,39,43)/t25-,33+/m1/s1. The molecule has 4 aromatic carbocycles. The molecule has 0 fully saturated rings. The predicted octanol–water partition coefficient (Wildman–Crippen LogP) is 7.71. The van der Waals surface area contributed by atoms with Gasteiger partial charge in [0.15, 0.2) is 0 Å². The highest BCUT2D eigenvalue weighted by molar-refractivity contribution is 7.92. The van der Waals surface area contributed by atoms with Gasteiger partial charge >= 0.3 is 0 Å². The van der Waals surface area contributed by atoms with Gasteiger partial charge in [-0.15, -0.1) is 0 Å². The number of sulfonamides is 1. The van der Waals surface area contributed by atoms with Gasteiger partial charge in [0.2, 0.25) is 11.8 Å². The van der Waals surface area contributed by atoms with Crippen molar-refractivity contribution in [1.82, 2.24) is 10.2 Å². The van der Waals surface area contributed by atoms with Gasteiger partial charge < -0.3 is 10.2 Å². The molecule has 0 unspecified atom stereocenters. The Labute approximate surface area is 286 Å². The fourth-order valence-electron chi connectivity index (χ4n) is 4.83. The summed E-state index contributed by atoms with van der Waals surface area (Å²) < 4.78 is 29.3. The quantitative estimate of drug-likeness (QED) is 0.155. The zero-order valence-corrected chi connectivity index (χ0v) is 28.9. The van der Waals surface area contributed by atoms with Gasteiger partial charge in [0.1, 0.15) is 12.6 Å². The number of benzene rings is 4. The summed E-state index contributed by atoms with van der Waals surface area (Å²) in [5.74, 6) is -0.978. The van der Waals surface area contributed by atoms with E-state index in [1.165, 1.54) is 23.1 Å². The van der Waals surface area contributed by atoms with Crippen LogP contribution in [0.4, 0.5) is 5.69 Å². The van der Waals surface area contributed by atoms with E-state index in [2.05, 4.69) is 5.32 Å². The van der Waals surface area contributed by atoms with Crippen molar-refractivity contribution in [1.29, 1.82) is 0 Å². The second-order valence-corrected chi connectivity index (χ2v) is 14.2. The number of hydrogen-bond donors (Lipinski definition) is 1. The Morgan fingerprint density at radius 2 is 1.52 bits per heavy atom. The summed E-state index contributed by atoms with van der Waals surface area (Å²) in [6.07, 6.45) is 0.861. The van der Waals surface area contributed by atoms with Gasteiger partial charge in [0, 0.05) is 34.1 Å². The third-order valence-electron chi connectivity index (χ3n) is 7.61. The molecule has 0 radical (unpaired) electrons. The maximum atomic E-state index is 14.6. The lowest BCUT2D eigenvalue weighted by atomic mass is 10.0. The minimum Gasteiger partial charge on any atom is -0.352 e. The number of nitrogens with zero attached hydrogens (tertiary/aromatic N) is 2. The molecule has 0 aliphatic carbocycles. The van der Waals surface area contributed by atoms with Crippen LogP contribution in [-0.2, 0) is 32.6 Å². The summed E-state index contributed by atoms with van der Waals surface area (Å²) in [5.41, 5.74) is 2.45. The van der Waals surface area contributed by atoms with E-state index in [1.807, 2.05) is 51.1 Å². The summed E-state index contributed by atoms with van der Waals surface area (Å²) in [4.78, 5) is 29.9. The molecular weight excluding hydrogens is 665 g/mol. The first kappa shape index (κ1) is 35.3. The van der Waals surface area contributed by atoms with Crippen molar-refractivity contribution in [2.45, 2.75) is 57.1 Å². The van der Waals surface area contributed by atoms with Crippen LogP contribution in [0.2, 0.25) is 15.1 Å². The van der Waals surface area contributed by atoms with E-state index >= 15 is 0 Å². The molecule has 11 heteroatoms. The molecule has 0 saturated heterocycles. The number of anilines is 1. The second kappa shape index (κ2) is 15.8. The Morgan fingerprint density at radius 3 is 2.15 bits per heavy atom. The lowest BCUT2D eigenvalue weighted by molar-refractivity contribution is -0.140. The predicted molar refractivity (Wildman–Crippen MR) is 186 cm³/mol. The largest absolute Gasteiger partial charge is 0.352 e. The second-order valence-electron chi connectivity index (χ2n) is 11.1. The first-order chi connectivity index (χ1) is 21.9. The van der Waals surface area contributed by atoms with Crippen molar-refractivity contribution in [2.75, 3.05) is 10.8 Å². The lowest BCUT2D eigenvalue weighted by Gasteiger charge is -2.34. The van der Waals surface area contributed by atoms with Gasteiger partial charge in [-0.3, -0.25) is 13.9 Å². The number of hydrogen-bond acceptors (Lipinski definition) is 4. The fourth-order valence-corrected chi connectivity index (χ4v) is 6.88. The molecule has 2 atom stereocenters. The molecule has 0 aliphatic heterocycles. The van der Waals surface area contributed by atoms with E-state index in [1.54, 1.807) is 48.5 Å². The highest BCUT2D eigenvalue weighted by Gasteiger charge is 2.35. The van der Waals surface area contributed by atoms with E-state index in [9.17, 15) is 18.0 Å². The average Bonchev–Trinajstić information content (AvgIpc) is 3.02. The Balaban J connectivity index is 1.83. The number of aryl methyl sites for hydroxylation is 1. The van der Waals surface area contributed by atoms with Gasteiger partial charge in [-0.25, -0.2) is 8.42 Å². The van der Waals surface area contributed by atoms with E-state index in [4.69, 9.17) is 34.8 Å². The average molecular weight is 701 g/mol. The monoisotopic (exact) mass is 699 g/mol. The maximum absolute atomic E-state index is 14.6. The number of halogens is 3. The molecule has 7 nitrogen and oxygen atoms in total. The van der Waals surface area contributed by atoms with Crippen LogP contribution in [-0.4, -0.2) is 43.8 Å². The van der Waals surface area contributed by atoms with Crippen molar-refractivity contribution < 1.29 is 18.0 Å². The normalized spacial score (nSPS) is 12.7. The van der Waals surface area contributed by atoms with Crippen LogP contribution in [0.25, 0.3) is 0 Å². The molecule has 0 spiro atoms. The molecule has 242 valence electrons. The molecule has 4 rings (SSSR count). The van der Waals surface area contributed by atoms with Crippen molar-refractivity contribution in [3.05, 3.63) is 129 Å². The zero-order valence-electron chi connectivity index (χ0n) is 25.8.